The maximum Gasteiger partial charge on any atom is 0.238 e. The van der Waals surface area contributed by atoms with Gasteiger partial charge in [-0.25, -0.2) is 4.98 Å². The average Bonchev–Trinajstić information content (AvgIpc) is 3.09. The number of carbonyl (C=O) groups excluding carboxylic acids is 1. The normalized spacial score (nSPS) is 14.6. The first-order valence-corrected chi connectivity index (χ1v) is 9.61. The van der Waals surface area contributed by atoms with Crippen molar-refractivity contribution in [2.24, 2.45) is 5.92 Å². The molecule has 3 heterocycles. The minimum absolute atomic E-state index is 0.0105. The molecule has 8 heteroatoms. The van der Waals surface area contributed by atoms with Crippen LogP contribution in [0.5, 0.6) is 11.6 Å². The molecule has 1 N–H and O–H groups in total. The number of rotatable bonds is 5. The van der Waals surface area contributed by atoms with Crippen molar-refractivity contribution < 1.29 is 14.3 Å². The summed E-state index contributed by atoms with van der Waals surface area (Å²) in [4.78, 5) is 16.6. The minimum atomic E-state index is 0.0105. The molecule has 8 nitrogen and oxygen atoms in total. The first-order chi connectivity index (χ1) is 14.1. The number of benzene rings is 1. The van der Waals surface area contributed by atoms with Gasteiger partial charge in [-0.15, -0.1) is 10.2 Å². The van der Waals surface area contributed by atoms with Gasteiger partial charge < -0.3 is 14.8 Å². The Labute approximate surface area is 168 Å². The van der Waals surface area contributed by atoms with E-state index < -0.39 is 0 Å². The molecule has 29 heavy (non-hydrogen) atoms. The second-order valence-corrected chi connectivity index (χ2v) is 7.02. The average molecular weight is 393 g/mol. The van der Waals surface area contributed by atoms with Gasteiger partial charge in [0.1, 0.15) is 12.1 Å². The predicted octanol–water partition coefficient (Wildman–Crippen LogP) is 3.44. The molecule has 3 aromatic rings. The predicted molar refractivity (Wildman–Crippen MR) is 107 cm³/mol. The van der Waals surface area contributed by atoms with Crippen molar-refractivity contribution in [1.82, 2.24) is 19.7 Å². The number of amides is 1. The number of hydrogen-bond acceptors (Lipinski definition) is 6. The number of aromatic nitrogens is 4. The number of aryl methyl sites for hydroxylation is 1. The molecule has 0 unspecified atom stereocenters. The third kappa shape index (κ3) is 4.43. The molecular formula is C21H23N5O3. The van der Waals surface area contributed by atoms with Crippen molar-refractivity contribution in [3.8, 4) is 17.4 Å². The van der Waals surface area contributed by atoms with Gasteiger partial charge in [-0.2, -0.15) is 0 Å². The molecule has 1 aromatic carbocycles. The van der Waals surface area contributed by atoms with Crippen molar-refractivity contribution in [3.05, 3.63) is 54.1 Å². The number of nitrogens with zero attached hydrogens (tertiary/aromatic N) is 4. The number of carbonyl (C=O) groups is 1. The molecule has 0 radical (unpaired) electrons. The summed E-state index contributed by atoms with van der Waals surface area (Å²) < 4.78 is 12.9. The molecule has 0 saturated carbocycles. The Morgan fingerprint density at radius 2 is 1.86 bits per heavy atom. The molecule has 1 aliphatic heterocycles. The highest BCUT2D eigenvalue weighted by molar-refractivity contribution is 5.92. The summed E-state index contributed by atoms with van der Waals surface area (Å²) in [5.41, 5.74) is 2.71. The van der Waals surface area contributed by atoms with E-state index in [1.807, 2.05) is 36.6 Å². The van der Waals surface area contributed by atoms with Gasteiger partial charge in [-0.3, -0.25) is 9.36 Å². The number of anilines is 1. The summed E-state index contributed by atoms with van der Waals surface area (Å²) in [6.07, 6.45) is 3.25. The third-order valence-electron chi connectivity index (χ3n) is 5.06. The van der Waals surface area contributed by atoms with E-state index in [2.05, 4.69) is 20.5 Å². The van der Waals surface area contributed by atoms with Crippen molar-refractivity contribution in [2.45, 2.75) is 26.7 Å². The van der Waals surface area contributed by atoms with E-state index >= 15 is 0 Å². The zero-order chi connectivity index (χ0) is 20.2. The summed E-state index contributed by atoms with van der Waals surface area (Å²) in [5, 5.41) is 11.3. The van der Waals surface area contributed by atoms with E-state index in [4.69, 9.17) is 9.47 Å². The van der Waals surface area contributed by atoms with E-state index in [-0.39, 0.29) is 11.8 Å². The van der Waals surface area contributed by atoms with Crippen LogP contribution in [0, 0.1) is 19.8 Å². The molecule has 0 atom stereocenters. The van der Waals surface area contributed by atoms with Gasteiger partial charge in [0.15, 0.2) is 5.82 Å². The first kappa shape index (κ1) is 19.1. The van der Waals surface area contributed by atoms with Gasteiger partial charge >= 0.3 is 0 Å². The van der Waals surface area contributed by atoms with Crippen LogP contribution in [0.4, 0.5) is 5.69 Å². The molecule has 1 aliphatic rings. The Morgan fingerprint density at radius 1 is 1.10 bits per heavy atom. The molecular weight excluding hydrogens is 370 g/mol. The summed E-state index contributed by atoms with van der Waals surface area (Å²) in [6, 6.07) is 10.8. The van der Waals surface area contributed by atoms with Gasteiger partial charge in [0.2, 0.25) is 11.8 Å². The molecule has 2 aromatic heterocycles. The van der Waals surface area contributed by atoms with Gasteiger partial charge in [0.05, 0.1) is 5.69 Å². The second kappa shape index (κ2) is 8.40. The van der Waals surface area contributed by atoms with Crippen molar-refractivity contribution >= 4 is 11.6 Å². The first-order valence-electron chi connectivity index (χ1n) is 9.61. The lowest BCUT2D eigenvalue weighted by molar-refractivity contribution is -0.122. The second-order valence-electron chi connectivity index (χ2n) is 7.02. The lowest BCUT2D eigenvalue weighted by Gasteiger charge is -2.21. The SMILES string of the molecule is Cc1ncn(-c2ccc(Oc3ccc(NC(=O)C4CCOCC4)cc3)nn2)c1C. The molecule has 0 bridgehead atoms. The lowest BCUT2D eigenvalue weighted by atomic mass is 9.99. The van der Waals surface area contributed by atoms with E-state index in [9.17, 15) is 4.79 Å². The smallest absolute Gasteiger partial charge is 0.238 e. The highest BCUT2D eigenvalue weighted by atomic mass is 16.5. The summed E-state index contributed by atoms with van der Waals surface area (Å²) in [6.45, 7) is 5.22. The molecule has 4 rings (SSSR count). The zero-order valence-electron chi connectivity index (χ0n) is 16.5. The van der Waals surface area contributed by atoms with Crippen molar-refractivity contribution in [1.29, 1.82) is 0 Å². The fourth-order valence-electron chi connectivity index (χ4n) is 3.16. The number of hydrogen-bond donors (Lipinski definition) is 1. The fourth-order valence-corrected chi connectivity index (χ4v) is 3.16. The summed E-state index contributed by atoms with van der Waals surface area (Å²) >= 11 is 0. The Bertz CT molecular complexity index is 977. The van der Waals surface area contributed by atoms with Crippen molar-refractivity contribution in [3.63, 3.8) is 0 Å². The van der Waals surface area contributed by atoms with Crippen LogP contribution in [0.25, 0.3) is 5.82 Å². The van der Waals surface area contributed by atoms with Crippen LogP contribution in [0.3, 0.4) is 0 Å². The van der Waals surface area contributed by atoms with Crippen LogP contribution in [-0.4, -0.2) is 38.9 Å². The fraction of sp³-hybridized carbons (Fsp3) is 0.333. The Morgan fingerprint density at radius 3 is 2.48 bits per heavy atom. The maximum absolute atomic E-state index is 12.3. The number of ether oxygens (including phenoxy) is 2. The highest BCUT2D eigenvalue weighted by Gasteiger charge is 2.21. The Hall–Kier alpha value is -3.26. The van der Waals surface area contributed by atoms with E-state index in [0.717, 1.165) is 29.9 Å². The molecule has 1 fully saturated rings. The Balaban J connectivity index is 1.37. The molecule has 1 saturated heterocycles. The van der Waals surface area contributed by atoms with E-state index in [0.29, 0.717) is 30.7 Å². The van der Waals surface area contributed by atoms with Crippen LogP contribution in [0.15, 0.2) is 42.7 Å². The lowest BCUT2D eigenvalue weighted by Crippen LogP contribution is -2.28. The summed E-state index contributed by atoms with van der Waals surface area (Å²) in [7, 11) is 0. The van der Waals surface area contributed by atoms with Gasteiger partial charge in [-0.05, 0) is 57.0 Å². The molecule has 0 spiro atoms. The molecule has 150 valence electrons. The number of imidazole rings is 1. The Kier molecular flexibility index (Phi) is 5.53. The topological polar surface area (TPSA) is 91.2 Å². The van der Waals surface area contributed by atoms with Crippen LogP contribution >= 0.6 is 0 Å². The monoisotopic (exact) mass is 393 g/mol. The van der Waals surface area contributed by atoms with Gasteiger partial charge in [0.25, 0.3) is 0 Å². The van der Waals surface area contributed by atoms with Crippen LogP contribution in [0.2, 0.25) is 0 Å². The quantitative estimate of drug-likeness (QED) is 0.714. The van der Waals surface area contributed by atoms with Gasteiger partial charge in [-0.1, -0.05) is 0 Å². The van der Waals surface area contributed by atoms with Gasteiger partial charge in [0, 0.05) is 36.6 Å². The van der Waals surface area contributed by atoms with E-state index in [1.54, 1.807) is 24.5 Å². The highest BCUT2D eigenvalue weighted by Crippen LogP contribution is 2.23. The van der Waals surface area contributed by atoms with E-state index in [1.165, 1.54) is 0 Å². The van der Waals surface area contributed by atoms with Crippen molar-refractivity contribution in [2.75, 3.05) is 18.5 Å². The van der Waals surface area contributed by atoms with Crippen LogP contribution in [0.1, 0.15) is 24.2 Å². The standard InChI is InChI=1S/C21H23N5O3/c1-14-15(2)26(13-22-14)19-7-8-20(25-24-19)29-18-5-3-17(4-6-18)23-21(27)16-9-11-28-12-10-16/h3-8,13,16H,9-12H2,1-2H3,(H,23,27). The summed E-state index contributed by atoms with van der Waals surface area (Å²) in [5.74, 6) is 1.74. The van der Waals surface area contributed by atoms with Crippen LogP contribution < -0.4 is 10.1 Å². The largest absolute Gasteiger partial charge is 0.438 e. The molecule has 0 aliphatic carbocycles. The zero-order valence-corrected chi connectivity index (χ0v) is 16.5. The number of nitrogens with one attached hydrogen (secondary N) is 1. The maximum atomic E-state index is 12.3. The molecule has 1 amide bonds. The third-order valence-corrected chi connectivity index (χ3v) is 5.06. The minimum Gasteiger partial charge on any atom is -0.438 e. The van der Waals surface area contributed by atoms with Crippen LogP contribution in [-0.2, 0) is 9.53 Å².